The van der Waals surface area contributed by atoms with Crippen LogP contribution in [0.3, 0.4) is 0 Å². The Morgan fingerprint density at radius 2 is 1.19 bits per heavy atom. The summed E-state index contributed by atoms with van der Waals surface area (Å²) in [6.45, 7) is 15.4. The standard InChI is InChI=1S/C31H48O/c1-9-29(21-12-15-25(2)3)22-14-20-27(5)17-11-10-16-26(4)18-13-19-28(6)23-24-30-31(7,8)32-30/h1,15-17,19,22,30H,10-14,18,20-21,23-24H2,2-8H3/b26-16-,27-17+,28-19+,29-22-. The number of terminal acetylenes is 1. The highest BCUT2D eigenvalue weighted by atomic mass is 16.6. The van der Waals surface area contributed by atoms with E-state index in [4.69, 9.17) is 11.2 Å². The number of rotatable bonds is 15. The molecule has 0 N–H and O–H groups in total. The zero-order valence-electron chi connectivity index (χ0n) is 22.0. The second-order valence-corrected chi connectivity index (χ2v) is 10.2. The molecule has 0 aromatic rings. The van der Waals surface area contributed by atoms with E-state index in [1.54, 1.807) is 0 Å². The van der Waals surface area contributed by atoms with E-state index in [0.717, 1.165) is 69.8 Å². The summed E-state index contributed by atoms with van der Waals surface area (Å²) in [7, 11) is 0. The third-order valence-corrected chi connectivity index (χ3v) is 6.23. The minimum atomic E-state index is 0.124. The predicted octanol–water partition coefficient (Wildman–Crippen LogP) is 9.43. The van der Waals surface area contributed by atoms with Crippen LogP contribution in [0, 0.1) is 12.3 Å². The van der Waals surface area contributed by atoms with E-state index in [-0.39, 0.29) is 5.60 Å². The summed E-state index contributed by atoms with van der Waals surface area (Å²) in [6, 6.07) is 0. The second-order valence-electron chi connectivity index (χ2n) is 10.2. The molecule has 0 bridgehead atoms. The third kappa shape index (κ3) is 13.6. The summed E-state index contributed by atoms with van der Waals surface area (Å²) in [5.41, 5.74) is 7.10. The van der Waals surface area contributed by atoms with Crippen LogP contribution in [0.5, 0.6) is 0 Å². The number of ether oxygens (including phenoxy) is 1. The molecule has 1 nitrogen and oxygen atoms in total. The molecule has 178 valence electrons. The first kappa shape index (κ1) is 28.3. The van der Waals surface area contributed by atoms with E-state index in [2.05, 4.69) is 84.8 Å². The molecule has 0 amide bonds. The van der Waals surface area contributed by atoms with Gasteiger partial charge in [-0.05, 0) is 118 Å². The summed E-state index contributed by atoms with van der Waals surface area (Å²) in [5.74, 6) is 2.85. The maximum Gasteiger partial charge on any atom is 0.0892 e. The molecule has 0 saturated carbocycles. The van der Waals surface area contributed by atoms with Gasteiger partial charge in [0.15, 0.2) is 0 Å². The molecule has 0 aliphatic carbocycles. The zero-order chi connectivity index (χ0) is 24.0. The van der Waals surface area contributed by atoms with Gasteiger partial charge in [-0.25, -0.2) is 0 Å². The molecular formula is C31H48O. The first-order valence-electron chi connectivity index (χ1n) is 12.6. The molecule has 1 heteroatoms. The highest BCUT2D eigenvalue weighted by Gasteiger charge is 2.46. The van der Waals surface area contributed by atoms with Crippen LogP contribution in [-0.2, 0) is 4.74 Å². The fourth-order valence-electron chi connectivity index (χ4n) is 3.83. The van der Waals surface area contributed by atoms with E-state index in [9.17, 15) is 0 Å². The minimum absolute atomic E-state index is 0.124. The van der Waals surface area contributed by atoms with Crippen molar-refractivity contribution in [3.63, 3.8) is 0 Å². The van der Waals surface area contributed by atoms with Crippen LogP contribution in [0.4, 0.5) is 0 Å². The lowest BCUT2D eigenvalue weighted by molar-refractivity contribution is 0.320. The highest BCUT2D eigenvalue weighted by Crippen LogP contribution is 2.38. The van der Waals surface area contributed by atoms with Crippen LogP contribution in [0.2, 0.25) is 0 Å². The fraction of sp³-hybridized carbons (Fsp3) is 0.613. The molecule has 1 fully saturated rings. The molecule has 1 rings (SSSR count). The van der Waals surface area contributed by atoms with E-state index >= 15 is 0 Å². The van der Waals surface area contributed by atoms with Crippen LogP contribution in [0.1, 0.15) is 113 Å². The predicted molar refractivity (Wildman–Crippen MR) is 143 cm³/mol. The molecule has 1 atom stereocenters. The van der Waals surface area contributed by atoms with E-state index in [1.165, 1.54) is 22.3 Å². The van der Waals surface area contributed by atoms with Crippen LogP contribution < -0.4 is 0 Å². The van der Waals surface area contributed by atoms with Crippen molar-refractivity contribution < 1.29 is 4.74 Å². The number of epoxide rings is 1. The molecule has 1 unspecified atom stereocenters. The van der Waals surface area contributed by atoms with Crippen LogP contribution in [0.15, 0.2) is 58.2 Å². The Bertz CT molecular complexity index is 757. The van der Waals surface area contributed by atoms with Gasteiger partial charge in [-0.15, -0.1) is 6.42 Å². The van der Waals surface area contributed by atoms with E-state index in [0.29, 0.717) is 6.10 Å². The number of allylic oxidation sites excluding steroid dienone is 10. The molecule has 0 aromatic carbocycles. The van der Waals surface area contributed by atoms with Gasteiger partial charge in [-0.2, -0.15) is 0 Å². The Labute approximate surface area is 199 Å². The summed E-state index contributed by atoms with van der Waals surface area (Å²) in [6.07, 6.45) is 28.9. The van der Waals surface area contributed by atoms with Crippen LogP contribution in [-0.4, -0.2) is 11.7 Å². The van der Waals surface area contributed by atoms with Crippen molar-refractivity contribution in [1.29, 1.82) is 0 Å². The van der Waals surface area contributed by atoms with Gasteiger partial charge >= 0.3 is 0 Å². The lowest BCUT2D eigenvalue weighted by Gasteiger charge is -2.03. The van der Waals surface area contributed by atoms with Crippen molar-refractivity contribution >= 4 is 0 Å². The SMILES string of the molecule is C#C/C(=C/CC/C(C)=C/CC/C=C(/C)CC/C=C(\C)CCC1OC1(C)C)CCC=C(C)C. The van der Waals surface area contributed by atoms with Gasteiger partial charge in [0.25, 0.3) is 0 Å². The maximum atomic E-state index is 5.67. The zero-order valence-corrected chi connectivity index (χ0v) is 22.0. The molecule has 32 heavy (non-hydrogen) atoms. The molecule has 1 saturated heterocycles. The molecule has 1 aliphatic rings. The van der Waals surface area contributed by atoms with Gasteiger partial charge in [0.1, 0.15) is 0 Å². The first-order valence-corrected chi connectivity index (χ1v) is 12.6. The van der Waals surface area contributed by atoms with E-state index < -0.39 is 0 Å². The Morgan fingerprint density at radius 1 is 0.719 bits per heavy atom. The minimum Gasteiger partial charge on any atom is -0.367 e. The van der Waals surface area contributed by atoms with Crippen LogP contribution in [0.25, 0.3) is 0 Å². The first-order chi connectivity index (χ1) is 15.1. The average Bonchev–Trinajstić information content (AvgIpc) is 3.34. The Morgan fingerprint density at radius 3 is 1.69 bits per heavy atom. The lowest BCUT2D eigenvalue weighted by Crippen LogP contribution is -2.02. The fourth-order valence-corrected chi connectivity index (χ4v) is 3.83. The molecule has 1 aliphatic heterocycles. The van der Waals surface area contributed by atoms with Crippen LogP contribution >= 0.6 is 0 Å². The molecule has 1 heterocycles. The van der Waals surface area contributed by atoms with Gasteiger partial charge in [0, 0.05) is 0 Å². The van der Waals surface area contributed by atoms with Crippen molar-refractivity contribution in [2.75, 3.05) is 0 Å². The number of hydrogen-bond donors (Lipinski definition) is 0. The van der Waals surface area contributed by atoms with Gasteiger partial charge in [0.2, 0.25) is 0 Å². The summed E-state index contributed by atoms with van der Waals surface area (Å²) >= 11 is 0. The highest BCUT2D eigenvalue weighted by molar-refractivity contribution is 5.26. The van der Waals surface area contributed by atoms with Gasteiger partial charge in [-0.1, -0.05) is 58.6 Å². The summed E-state index contributed by atoms with van der Waals surface area (Å²) in [5, 5.41) is 0. The van der Waals surface area contributed by atoms with Crippen molar-refractivity contribution in [2.45, 2.75) is 124 Å². The Kier molecular flexibility index (Phi) is 13.4. The lowest BCUT2D eigenvalue weighted by atomic mass is 10.0. The van der Waals surface area contributed by atoms with Crippen molar-refractivity contribution in [1.82, 2.24) is 0 Å². The topological polar surface area (TPSA) is 12.5 Å². The van der Waals surface area contributed by atoms with Crippen molar-refractivity contribution in [2.24, 2.45) is 0 Å². The molecule has 0 radical (unpaired) electrons. The van der Waals surface area contributed by atoms with Gasteiger partial charge in [-0.3, -0.25) is 0 Å². The number of hydrogen-bond acceptors (Lipinski definition) is 1. The summed E-state index contributed by atoms with van der Waals surface area (Å²) < 4.78 is 5.67. The van der Waals surface area contributed by atoms with Crippen molar-refractivity contribution in [3.8, 4) is 12.3 Å². The largest absolute Gasteiger partial charge is 0.367 e. The quantitative estimate of drug-likeness (QED) is 0.108. The molecule has 0 aromatic heterocycles. The number of unbranched alkanes of at least 4 members (excludes halogenated alkanes) is 1. The van der Waals surface area contributed by atoms with Crippen molar-refractivity contribution in [3.05, 3.63) is 58.2 Å². The van der Waals surface area contributed by atoms with Gasteiger partial charge < -0.3 is 4.74 Å². The summed E-state index contributed by atoms with van der Waals surface area (Å²) in [4.78, 5) is 0. The average molecular weight is 437 g/mol. The smallest absolute Gasteiger partial charge is 0.0892 e. The second kappa shape index (κ2) is 15.1. The monoisotopic (exact) mass is 436 g/mol. The van der Waals surface area contributed by atoms with Gasteiger partial charge in [0.05, 0.1) is 11.7 Å². The molecular weight excluding hydrogens is 388 g/mol. The normalized spacial score (nSPS) is 19.0. The third-order valence-electron chi connectivity index (χ3n) is 6.23. The maximum absolute atomic E-state index is 5.67. The Balaban J connectivity index is 2.21. The molecule has 0 spiro atoms. The van der Waals surface area contributed by atoms with E-state index in [1.807, 2.05) is 0 Å². The Hall–Kier alpha value is -1.78.